The standard InChI is InChI=1S/C9H19N3O3S/c1-7(16(2)15)3-4-11-9(14)6-12-8(13)5-10/h7H,3-6,10H2,1-2H3,(H,11,14)(H,12,13). The minimum absolute atomic E-state index is 0.0546. The van der Waals surface area contributed by atoms with Crippen molar-refractivity contribution in [3.8, 4) is 0 Å². The van der Waals surface area contributed by atoms with Gasteiger partial charge in [-0.1, -0.05) is 6.92 Å². The molecule has 0 spiro atoms. The van der Waals surface area contributed by atoms with Crippen molar-refractivity contribution in [2.45, 2.75) is 18.6 Å². The molecule has 0 radical (unpaired) electrons. The van der Waals surface area contributed by atoms with Gasteiger partial charge in [-0.25, -0.2) is 0 Å². The van der Waals surface area contributed by atoms with E-state index in [1.54, 1.807) is 6.26 Å². The van der Waals surface area contributed by atoms with Crippen molar-refractivity contribution in [2.75, 3.05) is 25.9 Å². The highest BCUT2D eigenvalue weighted by Crippen LogP contribution is 1.96. The fourth-order valence-corrected chi connectivity index (χ4v) is 1.34. The fraction of sp³-hybridized carbons (Fsp3) is 0.778. The maximum absolute atomic E-state index is 11.2. The Morgan fingerprint density at radius 2 is 1.94 bits per heavy atom. The molecule has 0 aliphatic carbocycles. The number of hydrogen-bond acceptors (Lipinski definition) is 4. The van der Waals surface area contributed by atoms with Crippen LogP contribution in [0.3, 0.4) is 0 Å². The van der Waals surface area contributed by atoms with Crippen molar-refractivity contribution in [3.05, 3.63) is 0 Å². The second-order valence-corrected chi connectivity index (χ2v) is 5.23. The molecule has 2 amide bonds. The summed E-state index contributed by atoms with van der Waals surface area (Å²) in [6.07, 6.45) is 2.29. The Bertz CT molecular complexity index is 271. The van der Waals surface area contributed by atoms with Crippen LogP contribution in [0, 0.1) is 0 Å². The summed E-state index contributed by atoms with van der Waals surface area (Å²) in [5.41, 5.74) is 5.05. The number of amides is 2. The maximum atomic E-state index is 11.2. The largest absolute Gasteiger partial charge is 0.355 e. The molecule has 0 heterocycles. The van der Waals surface area contributed by atoms with Crippen LogP contribution in [0.1, 0.15) is 13.3 Å². The molecule has 0 saturated carbocycles. The highest BCUT2D eigenvalue weighted by Gasteiger charge is 2.07. The smallest absolute Gasteiger partial charge is 0.239 e. The Kier molecular flexibility index (Phi) is 7.74. The molecule has 2 unspecified atom stereocenters. The maximum Gasteiger partial charge on any atom is 0.239 e. The van der Waals surface area contributed by atoms with Gasteiger partial charge < -0.3 is 16.4 Å². The number of carbonyl (C=O) groups is 2. The van der Waals surface area contributed by atoms with Gasteiger partial charge in [0.05, 0.1) is 13.1 Å². The lowest BCUT2D eigenvalue weighted by molar-refractivity contribution is -0.125. The molecule has 16 heavy (non-hydrogen) atoms. The van der Waals surface area contributed by atoms with Crippen LogP contribution in [0.15, 0.2) is 0 Å². The van der Waals surface area contributed by atoms with Crippen LogP contribution >= 0.6 is 0 Å². The molecule has 0 aliphatic heterocycles. The van der Waals surface area contributed by atoms with Crippen molar-refractivity contribution in [3.63, 3.8) is 0 Å². The van der Waals surface area contributed by atoms with Crippen LogP contribution in [-0.2, 0) is 20.4 Å². The quantitative estimate of drug-likeness (QED) is 0.502. The zero-order chi connectivity index (χ0) is 12.6. The van der Waals surface area contributed by atoms with E-state index in [0.717, 1.165) is 0 Å². The van der Waals surface area contributed by atoms with Crippen LogP contribution < -0.4 is 16.4 Å². The van der Waals surface area contributed by atoms with E-state index in [-0.39, 0.29) is 30.2 Å². The number of nitrogens with one attached hydrogen (secondary N) is 2. The van der Waals surface area contributed by atoms with Gasteiger partial charge in [0, 0.05) is 28.9 Å². The van der Waals surface area contributed by atoms with E-state index in [9.17, 15) is 13.8 Å². The average Bonchev–Trinajstić information content (AvgIpc) is 2.25. The molecule has 94 valence electrons. The summed E-state index contributed by atoms with van der Waals surface area (Å²) in [5, 5.41) is 5.03. The Morgan fingerprint density at radius 3 is 2.44 bits per heavy atom. The lowest BCUT2D eigenvalue weighted by atomic mass is 10.3. The van der Waals surface area contributed by atoms with Crippen molar-refractivity contribution < 1.29 is 13.8 Å². The zero-order valence-corrected chi connectivity index (χ0v) is 10.4. The molecular weight excluding hydrogens is 230 g/mol. The van der Waals surface area contributed by atoms with E-state index in [0.29, 0.717) is 13.0 Å². The molecule has 6 nitrogen and oxygen atoms in total. The molecule has 0 aliphatic rings. The first kappa shape index (κ1) is 15.0. The Hall–Kier alpha value is -0.950. The first-order chi connectivity index (χ1) is 7.47. The SMILES string of the molecule is CC(CCNC(=O)CNC(=O)CN)S(C)=O. The van der Waals surface area contributed by atoms with E-state index in [4.69, 9.17) is 5.73 Å². The summed E-state index contributed by atoms with van der Waals surface area (Å²) in [7, 11) is -0.875. The molecule has 0 bridgehead atoms. The number of hydrogen-bond donors (Lipinski definition) is 3. The highest BCUT2D eigenvalue weighted by molar-refractivity contribution is 7.84. The summed E-state index contributed by atoms with van der Waals surface area (Å²) < 4.78 is 11.0. The monoisotopic (exact) mass is 249 g/mol. The van der Waals surface area contributed by atoms with Gasteiger partial charge in [-0.3, -0.25) is 13.8 Å². The Balaban J connectivity index is 3.58. The summed E-state index contributed by atoms with van der Waals surface area (Å²) in [5.74, 6) is -0.630. The minimum atomic E-state index is -0.875. The molecule has 0 aromatic heterocycles. The molecular formula is C9H19N3O3S. The zero-order valence-electron chi connectivity index (χ0n) is 9.62. The molecule has 0 aromatic carbocycles. The van der Waals surface area contributed by atoms with Gasteiger partial charge in [0.15, 0.2) is 0 Å². The number of rotatable bonds is 7. The second-order valence-electron chi connectivity index (χ2n) is 3.43. The van der Waals surface area contributed by atoms with Crippen molar-refractivity contribution in [1.29, 1.82) is 0 Å². The van der Waals surface area contributed by atoms with E-state index >= 15 is 0 Å². The normalized spacial score (nSPS) is 13.9. The van der Waals surface area contributed by atoms with Crippen molar-refractivity contribution in [2.24, 2.45) is 5.73 Å². The predicted molar refractivity (Wildman–Crippen MR) is 63.2 cm³/mol. The van der Waals surface area contributed by atoms with Crippen LogP contribution in [0.2, 0.25) is 0 Å². The highest BCUT2D eigenvalue weighted by atomic mass is 32.2. The van der Waals surface area contributed by atoms with Crippen molar-refractivity contribution in [1.82, 2.24) is 10.6 Å². The van der Waals surface area contributed by atoms with E-state index in [1.807, 2.05) is 6.92 Å². The van der Waals surface area contributed by atoms with Crippen LogP contribution in [-0.4, -0.2) is 47.2 Å². The van der Waals surface area contributed by atoms with E-state index in [2.05, 4.69) is 10.6 Å². The molecule has 0 aromatic rings. The molecule has 2 atom stereocenters. The molecule has 0 saturated heterocycles. The van der Waals surface area contributed by atoms with E-state index < -0.39 is 10.8 Å². The van der Waals surface area contributed by atoms with Gasteiger partial charge in [-0.15, -0.1) is 0 Å². The van der Waals surface area contributed by atoms with Gasteiger partial charge in [-0.05, 0) is 6.42 Å². The first-order valence-corrected chi connectivity index (χ1v) is 6.65. The second kappa shape index (κ2) is 8.23. The Morgan fingerprint density at radius 1 is 1.31 bits per heavy atom. The first-order valence-electron chi connectivity index (χ1n) is 5.03. The Labute approximate surface area is 97.8 Å². The third kappa shape index (κ3) is 7.36. The molecule has 7 heteroatoms. The summed E-state index contributed by atoms with van der Waals surface area (Å²) >= 11 is 0. The molecule has 0 fully saturated rings. The van der Waals surface area contributed by atoms with Crippen LogP contribution in [0.4, 0.5) is 0 Å². The third-order valence-corrected chi connectivity index (χ3v) is 3.44. The number of carbonyl (C=O) groups excluding carboxylic acids is 2. The lowest BCUT2D eigenvalue weighted by Crippen LogP contribution is -2.40. The topological polar surface area (TPSA) is 101 Å². The fourth-order valence-electron chi connectivity index (χ4n) is 0.894. The van der Waals surface area contributed by atoms with E-state index in [1.165, 1.54) is 0 Å². The summed E-state index contributed by atoms with van der Waals surface area (Å²) in [6, 6.07) is 0. The van der Waals surface area contributed by atoms with Gasteiger partial charge in [0.2, 0.25) is 11.8 Å². The third-order valence-electron chi connectivity index (χ3n) is 2.07. The van der Waals surface area contributed by atoms with Gasteiger partial charge >= 0.3 is 0 Å². The van der Waals surface area contributed by atoms with Crippen molar-refractivity contribution >= 4 is 22.6 Å². The van der Waals surface area contributed by atoms with Crippen LogP contribution in [0.25, 0.3) is 0 Å². The summed E-state index contributed by atoms with van der Waals surface area (Å²) in [6.45, 7) is 2.12. The van der Waals surface area contributed by atoms with Gasteiger partial charge in [-0.2, -0.15) is 0 Å². The molecule has 0 rings (SSSR count). The van der Waals surface area contributed by atoms with Crippen LogP contribution in [0.5, 0.6) is 0 Å². The van der Waals surface area contributed by atoms with Gasteiger partial charge in [0.25, 0.3) is 0 Å². The summed E-state index contributed by atoms with van der Waals surface area (Å²) in [4.78, 5) is 21.9. The molecule has 4 N–H and O–H groups in total. The predicted octanol–water partition coefficient (Wildman–Crippen LogP) is -1.67. The number of nitrogens with two attached hydrogens (primary N) is 1. The van der Waals surface area contributed by atoms with Gasteiger partial charge in [0.1, 0.15) is 0 Å². The lowest BCUT2D eigenvalue weighted by Gasteiger charge is -2.09. The average molecular weight is 249 g/mol. The minimum Gasteiger partial charge on any atom is -0.355 e.